The van der Waals surface area contributed by atoms with E-state index in [0.717, 1.165) is 27.7 Å². The van der Waals surface area contributed by atoms with Crippen LogP contribution in [0.25, 0.3) is 11.4 Å². The van der Waals surface area contributed by atoms with Crippen molar-refractivity contribution in [2.24, 2.45) is 0 Å². The van der Waals surface area contributed by atoms with Gasteiger partial charge in [-0.3, -0.25) is 4.98 Å². The summed E-state index contributed by atoms with van der Waals surface area (Å²) in [6.07, 6.45) is 4.47. The van der Waals surface area contributed by atoms with Gasteiger partial charge in [-0.05, 0) is 40.9 Å². The molecule has 0 radical (unpaired) electrons. The van der Waals surface area contributed by atoms with Gasteiger partial charge >= 0.3 is 0 Å². The van der Waals surface area contributed by atoms with Crippen LogP contribution in [0.5, 0.6) is 0 Å². The van der Waals surface area contributed by atoms with Crippen LogP contribution >= 0.6 is 15.9 Å². The van der Waals surface area contributed by atoms with Crippen LogP contribution in [0.4, 0.5) is 5.82 Å². The number of anilines is 1. The summed E-state index contributed by atoms with van der Waals surface area (Å²) in [5.41, 5.74) is 8.79. The molecule has 2 heterocycles. The first-order valence-corrected chi connectivity index (χ1v) is 6.15. The number of rotatable bonds is 2. The molecule has 0 atom stereocenters. The van der Waals surface area contributed by atoms with Gasteiger partial charge in [0.15, 0.2) is 5.82 Å². The van der Waals surface area contributed by atoms with Crippen molar-refractivity contribution in [2.45, 2.75) is 20.3 Å². The number of nitrogens with two attached hydrogens (primary N) is 1. The average Bonchev–Trinajstić information content (AvgIpc) is 2.35. The van der Waals surface area contributed by atoms with Crippen LogP contribution < -0.4 is 5.73 Å². The molecule has 0 aliphatic carbocycles. The highest BCUT2D eigenvalue weighted by molar-refractivity contribution is 9.10. The summed E-state index contributed by atoms with van der Waals surface area (Å²) in [6.45, 7) is 3.98. The number of hydrogen-bond donors (Lipinski definition) is 1. The molecule has 17 heavy (non-hydrogen) atoms. The van der Waals surface area contributed by atoms with Gasteiger partial charge in [-0.25, -0.2) is 9.97 Å². The van der Waals surface area contributed by atoms with Gasteiger partial charge in [-0.1, -0.05) is 6.92 Å². The van der Waals surface area contributed by atoms with Crippen LogP contribution in [-0.4, -0.2) is 15.0 Å². The summed E-state index contributed by atoms with van der Waals surface area (Å²) in [7, 11) is 0. The molecule has 0 amide bonds. The molecule has 0 saturated heterocycles. The molecule has 88 valence electrons. The fourth-order valence-electron chi connectivity index (χ4n) is 1.63. The summed E-state index contributed by atoms with van der Waals surface area (Å²) in [6, 6.07) is 1.92. The summed E-state index contributed by atoms with van der Waals surface area (Å²) in [5.74, 6) is 1.12. The molecule has 0 aliphatic rings. The monoisotopic (exact) mass is 292 g/mol. The summed E-state index contributed by atoms with van der Waals surface area (Å²) in [5, 5.41) is 0. The molecule has 4 nitrogen and oxygen atoms in total. The lowest BCUT2D eigenvalue weighted by molar-refractivity contribution is 1.06. The quantitative estimate of drug-likeness (QED) is 0.924. The molecule has 0 aromatic carbocycles. The first-order valence-electron chi connectivity index (χ1n) is 5.36. The van der Waals surface area contributed by atoms with Gasteiger partial charge in [-0.15, -0.1) is 0 Å². The maximum absolute atomic E-state index is 5.84. The van der Waals surface area contributed by atoms with Crippen LogP contribution in [0.1, 0.15) is 18.2 Å². The van der Waals surface area contributed by atoms with Crippen LogP contribution in [0.3, 0.4) is 0 Å². The maximum atomic E-state index is 5.84. The lowest BCUT2D eigenvalue weighted by Gasteiger charge is -2.08. The van der Waals surface area contributed by atoms with E-state index in [-0.39, 0.29) is 0 Å². The van der Waals surface area contributed by atoms with Crippen molar-refractivity contribution in [3.8, 4) is 11.4 Å². The van der Waals surface area contributed by atoms with E-state index in [4.69, 9.17) is 5.73 Å². The van der Waals surface area contributed by atoms with Gasteiger partial charge in [0.1, 0.15) is 5.82 Å². The van der Waals surface area contributed by atoms with Gasteiger partial charge in [0.05, 0.1) is 10.2 Å². The minimum absolute atomic E-state index is 0.464. The Bertz CT molecular complexity index is 531. The lowest BCUT2D eigenvalue weighted by atomic mass is 10.1. The molecule has 2 aromatic rings. The Hall–Kier alpha value is -1.49. The zero-order valence-electron chi connectivity index (χ0n) is 9.74. The Morgan fingerprint density at radius 3 is 2.76 bits per heavy atom. The highest BCUT2D eigenvalue weighted by Gasteiger charge is 2.11. The Morgan fingerprint density at radius 2 is 2.12 bits per heavy atom. The molecule has 0 saturated carbocycles. The van der Waals surface area contributed by atoms with E-state index in [9.17, 15) is 0 Å². The highest BCUT2D eigenvalue weighted by Crippen LogP contribution is 2.26. The average molecular weight is 293 g/mol. The van der Waals surface area contributed by atoms with Crippen molar-refractivity contribution in [2.75, 3.05) is 5.73 Å². The van der Waals surface area contributed by atoms with Crippen LogP contribution in [-0.2, 0) is 6.42 Å². The van der Waals surface area contributed by atoms with Crippen molar-refractivity contribution in [3.63, 3.8) is 0 Å². The molecular formula is C12H13BrN4. The number of nitrogens with zero attached hydrogens (tertiary/aromatic N) is 3. The van der Waals surface area contributed by atoms with Crippen LogP contribution in [0, 0.1) is 6.92 Å². The number of pyridine rings is 1. The fraction of sp³-hybridized carbons (Fsp3) is 0.250. The van der Waals surface area contributed by atoms with E-state index >= 15 is 0 Å². The number of hydrogen-bond acceptors (Lipinski definition) is 4. The Kier molecular flexibility index (Phi) is 3.38. The fourth-order valence-corrected chi connectivity index (χ4v) is 1.81. The van der Waals surface area contributed by atoms with Crippen LogP contribution in [0.2, 0.25) is 0 Å². The van der Waals surface area contributed by atoms with E-state index in [1.807, 2.05) is 19.2 Å². The SMILES string of the molecule is CCc1cnccc1-c1nc(C)c(Br)c(N)n1. The first-order chi connectivity index (χ1) is 8.13. The Balaban J connectivity index is 2.61. The minimum atomic E-state index is 0.464. The molecule has 0 bridgehead atoms. The van der Waals surface area contributed by atoms with E-state index in [2.05, 4.69) is 37.8 Å². The molecule has 5 heteroatoms. The third-order valence-corrected chi connectivity index (χ3v) is 3.55. The Morgan fingerprint density at radius 1 is 1.35 bits per heavy atom. The predicted octanol–water partition coefficient (Wildman–Crippen LogP) is 2.75. The summed E-state index contributed by atoms with van der Waals surface area (Å²) in [4.78, 5) is 12.9. The van der Waals surface area contributed by atoms with E-state index < -0.39 is 0 Å². The van der Waals surface area contributed by atoms with Gasteiger partial charge in [0.2, 0.25) is 0 Å². The van der Waals surface area contributed by atoms with Crippen molar-refractivity contribution >= 4 is 21.7 Å². The second kappa shape index (κ2) is 4.79. The van der Waals surface area contributed by atoms with E-state index in [1.54, 1.807) is 6.20 Å². The van der Waals surface area contributed by atoms with E-state index in [0.29, 0.717) is 11.6 Å². The van der Waals surface area contributed by atoms with Crippen molar-refractivity contribution in [1.82, 2.24) is 15.0 Å². The molecule has 2 aromatic heterocycles. The maximum Gasteiger partial charge on any atom is 0.162 e. The number of halogens is 1. The Labute approximate surface area is 108 Å². The highest BCUT2D eigenvalue weighted by atomic mass is 79.9. The van der Waals surface area contributed by atoms with Crippen LogP contribution in [0.15, 0.2) is 22.9 Å². The minimum Gasteiger partial charge on any atom is -0.383 e. The topological polar surface area (TPSA) is 64.7 Å². The normalized spacial score (nSPS) is 10.5. The van der Waals surface area contributed by atoms with Gasteiger partial charge in [-0.2, -0.15) is 0 Å². The molecular weight excluding hydrogens is 280 g/mol. The van der Waals surface area contributed by atoms with E-state index in [1.165, 1.54) is 0 Å². The lowest BCUT2D eigenvalue weighted by Crippen LogP contribution is -2.01. The molecule has 0 spiro atoms. The van der Waals surface area contributed by atoms with Crippen molar-refractivity contribution in [1.29, 1.82) is 0 Å². The number of aryl methyl sites for hydroxylation is 2. The number of aromatic nitrogens is 3. The van der Waals surface area contributed by atoms with Crippen molar-refractivity contribution in [3.05, 3.63) is 34.2 Å². The zero-order chi connectivity index (χ0) is 12.4. The molecule has 0 aliphatic heterocycles. The predicted molar refractivity (Wildman–Crippen MR) is 71.5 cm³/mol. The second-order valence-electron chi connectivity index (χ2n) is 3.72. The standard InChI is InChI=1S/C12H13BrN4/c1-3-8-6-15-5-4-9(8)12-16-7(2)10(13)11(14)17-12/h4-6H,3H2,1-2H3,(H2,14,16,17). The molecule has 2 N–H and O–H groups in total. The molecule has 2 rings (SSSR count). The smallest absolute Gasteiger partial charge is 0.162 e. The third-order valence-electron chi connectivity index (χ3n) is 2.57. The largest absolute Gasteiger partial charge is 0.383 e. The van der Waals surface area contributed by atoms with Gasteiger partial charge < -0.3 is 5.73 Å². The zero-order valence-corrected chi connectivity index (χ0v) is 11.3. The van der Waals surface area contributed by atoms with Gasteiger partial charge in [0, 0.05) is 18.0 Å². The molecule has 0 fully saturated rings. The number of nitrogen functional groups attached to an aromatic ring is 1. The van der Waals surface area contributed by atoms with Gasteiger partial charge in [0.25, 0.3) is 0 Å². The summed E-state index contributed by atoms with van der Waals surface area (Å²) >= 11 is 3.36. The molecule has 0 unspecified atom stereocenters. The summed E-state index contributed by atoms with van der Waals surface area (Å²) < 4.78 is 0.758. The second-order valence-corrected chi connectivity index (χ2v) is 4.51. The third kappa shape index (κ3) is 2.29. The first kappa shape index (κ1) is 12.0. The van der Waals surface area contributed by atoms with Crippen molar-refractivity contribution < 1.29 is 0 Å².